The molecule has 3 rings (SSSR count). The van der Waals surface area contributed by atoms with Gasteiger partial charge < -0.3 is 20.5 Å². The number of hydrogen-bond donors (Lipinski definition) is 3. The molecule has 0 radical (unpaired) electrons. The Kier molecular flexibility index (Phi) is 7.53. The van der Waals surface area contributed by atoms with Gasteiger partial charge in [-0.15, -0.1) is 6.58 Å². The van der Waals surface area contributed by atoms with Gasteiger partial charge in [-0.1, -0.05) is 68.0 Å². The third kappa shape index (κ3) is 5.25. The summed E-state index contributed by atoms with van der Waals surface area (Å²) in [6.07, 6.45) is 1.71. The fourth-order valence-electron chi connectivity index (χ4n) is 4.30. The van der Waals surface area contributed by atoms with Crippen molar-refractivity contribution in [2.24, 2.45) is 0 Å². The highest BCUT2D eigenvalue weighted by atomic mass is 16.5. The van der Waals surface area contributed by atoms with Crippen LogP contribution in [0.15, 0.2) is 61.2 Å². The van der Waals surface area contributed by atoms with Crippen LogP contribution >= 0.6 is 0 Å². The van der Waals surface area contributed by atoms with Crippen molar-refractivity contribution in [2.45, 2.75) is 50.6 Å². The molecule has 0 fully saturated rings. The van der Waals surface area contributed by atoms with Crippen molar-refractivity contribution in [3.8, 4) is 11.1 Å². The van der Waals surface area contributed by atoms with E-state index in [-0.39, 0.29) is 18.9 Å². The number of carboxylic acids is 1. The SMILES string of the molecule is C=CCC(NC(=O)C(C)(CCC)NC(=O)OCC1c2ccccc2-c2ccccc21)C(=O)O. The van der Waals surface area contributed by atoms with Crippen molar-refractivity contribution >= 4 is 18.0 Å². The van der Waals surface area contributed by atoms with Crippen molar-refractivity contribution in [3.63, 3.8) is 0 Å². The van der Waals surface area contributed by atoms with E-state index < -0.39 is 29.6 Å². The summed E-state index contributed by atoms with van der Waals surface area (Å²) >= 11 is 0. The van der Waals surface area contributed by atoms with Gasteiger partial charge in [0.15, 0.2) is 0 Å². The van der Waals surface area contributed by atoms with Gasteiger partial charge in [-0.25, -0.2) is 9.59 Å². The van der Waals surface area contributed by atoms with Crippen LogP contribution in [0.25, 0.3) is 11.1 Å². The van der Waals surface area contributed by atoms with Gasteiger partial charge in [0, 0.05) is 5.92 Å². The molecule has 33 heavy (non-hydrogen) atoms. The maximum absolute atomic E-state index is 12.9. The number of benzene rings is 2. The number of alkyl carbamates (subject to hydrolysis) is 1. The standard InChI is InChI=1S/C26H30N2O5/c1-4-10-22(23(29)30)27-24(31)26(3,15-5-2)28-25(32)33-16-21-19-13-8-6-11-17(19)18-12-7-9-14-20(18)21/h4,6-9,11-14,21-22H,1,5,10,15-16H2,2-3H3,(H,27,31)(H,28,32)(H,29,30). The van der Waals surface area contributed by atoms with Crippen molar-refractivity contribution < 1.29 is 24.2 Å². The molecule has 1 aliphatic carbocycles. The molecule has 2 amide bonds. The third-order valence-electron chi connectivity index (χ3n) is 5.98. The predicted octanol–water partition coefficient (Wildman–Crippen LogP) is 4.23. The number of amides is 2. The van der Waals surface area contributed by atoms with Crippen molar-refractivity contribution in [3.05, 3.63) is 72.3 Å². The van der Waals surface area contributed by atoms with Crippen LogP contribution in [-0.4, -0.2) is 41.3 Å². The van der Waals surface area contributed by atoms with Gasteiger partial charge in [-0.05, 0) is 42.0 Å². The highest BCUT2D eigenvalue weighted by molar-refractivity contribution is 5.92. The van der Waals surface area contributed by atoms with Crippen molar-refractivity contribution in [1.29, 1.82) is 0 Å². The fraction of sp³-hybridized carbons (Fsp3) is 0.346. The lowest BCUT2D eigenvalue weighted by molar-refractivity contribution is -0.142. The van der Waals surface area contributed by atoms with Crippen molar-refractivity contribution in [1.82, 2.24) is 10.6 Å². The molecule has 0 bridgehead atoms. The molecule has 2 unspecified atom stereocenters. The normalized spacial score (nSPS) is 14.8. The first-order valence-corrected chi connectivity index (χ1v) is 11.1. The molecule has 1 aliphatic rings. The minimum absolute atomic E-state index is 0.0776. The Balaban J connectivity index is 1.70. The molecule has 7 heteroatoms. The van der Waals surface area contributed by atoms with Gasteiger partial charge in [0.05, 0.1) is 0 Å². The summed E-state index contributed by atoms with van der Waals surface area (Å²) in [6, 6.07) is 14.9. The van der Waals surface area contributed by atoms with Crippen LogP contribution in [-0.2, 0) is 14.3 Å². The van der Waals surface area contributed by atoms with Crippen LogP contribution in [0, 0.1) is 0 Å². The van der Waals surface area contributed by atoms with E-state index in [4.69, 9.17) is 4.74 Å². The van der Waals surface area contributed by atoms with E-state index in [2.05, 4.69) is 29.3 Å². The maximum Gasteiger partial charge on any atom is 0.408 e. The average molecular weight is 451 g/mol. The summed E-state index contributed by atoms with van der Waals surface area (Å²) in [5.41, 5.74) is 3.12. The lowest BCUT2D eigenvalue weighted by Crippen LogP contribution is -2.59. The topological polar surface area (TPSA) is 105 Å². The van der Waals surface area contributed by atoms with Gasteiger partial charge in [-0.2, -0.15) is 0 Å². The van der Waals surface area contributed by atoms with Gasteiger partial charge in [0.2, 0.25) is 5.91 Å². The summed E-state index contributed by atoms with van der Waals surface area (Å²) in [7, 11) is 0. The number of fused-ring (bicyclic) bond motifs is 3. The molecular weight excluding hydrogens is 420 g/mol. The number of carboxylic acid groups (broad SMARTS) is 1. The van der Waals surface area contributed by atoms with Crippen LogP contribution in [0.3, 0.4) is 0 Å². The summed E-state index contributed by atoms with van der Waals surface area (Å²) in [4.78, 5) is 37.0. The van der Waals surface area contributed by atoms with E-state index in [0.29, 0.717) is 12.8 Å². The number of rotatable bonds is 10. The van der Waals surface area contributed by atoms with Crippen LogP contribution in [0.4, 0.5) is 4.79 Å². The first-order chi connectivity index (χ1) is 15.8. The van der Waals surface area contributed by atoms with E-state index in [1.165, 1.54) is 6.08 Å². The number of aliphatic carboxylic acids is 1. The maximum atomic E-state index is 12.9. The smallest absolute Gasteiger partial charge is 0.408 e. The van der Waals surface area contributed by atoms with Crippen LogP contribution in [0.1, 0.15) is 50.2 Å². The first-order valence-electron chi connectivity index (χ1n) is 11.1. The van der Waals surface area contributed by atoms with Crippen molar-refractivity contribution in [2.75, 3.05) is 6.61 Å². The number of carbonyl (C=O) groups is 3. The Morgan fingerprint density at radius 3 is 2.21 bits per heavy atom. The molecule has 0 saturated carbocycles. The molecule has 0 spiro atoms. The molecule has 7 nitrogen and oxygen atoms in total. The average Bonchev–Trinajstić information content (AvgIpc) is 3.11. The Bertz CT molecular complexity index is 1000. The lowest BCUT2D eigenvalue weighted by atomic mass is 9.94. The second kappa shape index (κ2) is 10.3. The number of ether oxygens (including phenoxy) is 1. The third-order valence-corrected chi connectivity index (χ3v) is 5.98. The van der Waals surface area contributed by atoms with Crippen LogP contribution in [0.5, 0.6) is 0 Å². The zero-order chi connectivity index (χ0) is 24.0. The van der Waals surface area contributed by atoms with E-state index in [1.54, 1.807) is 6.92 Å². The predicted molar refractivity (Wildman–Crippen MR) is 126 cm³/mol. The zero-order valence-electron chi connectivity index (χ0n) is 19.0. The Hall–Kier alpha value is -3.61. The second-order valence-corrected chi connectivity index (χ2v) is 8.42. The Labute approximate surface area is 193 Å². The number of carbonyl (C=O) groups excluding carboxylic acids is 2. The largest absolute Gasteiger partial charge is 0.480 e. The minimum atomic E-state index is -1.31. The summed E-state index contributed by atoms with van der Waals surface area (Å²) < 4.78 is 5.57. The molecule has 0 saturated heterocycles. The lowest BCUT2D eigenvalue weighted by Gasteiger charge is -2.30. The van der Waals surface area contributed by atoms with Gasteiger partial charge >= 0.3 is 12.1 Å². The highest BCUT2D eigenvalue weighted by Gasteiger charge is 2.37. The monoisotopic (exact) mass is 450 g/mol. The number of hydrogen-bond acceptors (Lipinski definition) is 4. The summed E-state index contributed by atoms with van der Waals surface area (Å²) in [5.74, 6) is -1.84. The Morgan fingerprint density at radius 1 is 1.12 bits per heavy atom. The van der Waals surface area contributed by atoms with Gasteiger partial charge in [-0.3, -0.25) is 4.79 Å². The first kappa shape index (κ1) is 24.0. The molecule has 2 aromatic carbocycles. The summed E-state index contributed by atoms with van der Waals surface area (Å²) in [6.45, 7) is 7.10. The van der Waals surface area contributed by atoms with Crippen LogP contribution in [0.2, 0.25) is 0 Å². The van der Waals surface area contributed by atoms with E-state index in [9.17, 15) is 19.5 Å². The molecule has 3 N–H and O–H groups in total. The molecule has 0 heterocycles. The highest BCUT2D eigenvalue weighted by Crippen LogP contribution is 2.44. The van der Waals surface area contributed by atoms with Gasteiger partial charge in [0.25, 0.3) is 0 Å². The summed E-state index contributed by atoms with van der Waals surface area (Å²) in [5, 5.41) is 14.5. The number of nitrogens with one attached hydrogen (secondary N) is 2. The van der Waals surface area contributed by atoms with E-state index >= 15 is 0 Å². The van der Waals surface area contributed by atoms with E-state index in [0.717, 1.165) is 22.3 Å². The molecule has 174 valence electrons. The fourth-order valence-corrected chi connectivity index (χ4v) is 4.30. The molecule has 2 atom stereocenters. The molecule has 0 aromatic heterocycles. The zero-order valence-corrected chi connectivity index (χ0v) is 19.0. The van der Waals surface area contributed by atoms with Gasteiger partial charge in [0.1, 0.15) is 18.2 Å². The molecular formula is C26H30N2O5. The second-order valence-electron chi connectivity index (χ2n) is 8.42. The Morgan fingerprint density at radius 2 is 1.70 bits per heavy atom. The quantitative estimate of drug-likeness (QED) is 0.470. The minimum Gasteiger partial charge on any atom is -0.480 e. The molecule has 0 aliphatic heterocycles. The van der Waals surface area contributed by atoms with Crippen LogP contribution < -0.4 is 10.6 Å². The van der Waals surface area contributed by atoms with E-state index in [1.807, 2.05) is 43.3 Å². The molecule has 2 aromatic rings.